The number of carbonyl (C=O) groups is 2. The van der Waals surface area contributed by atoms with Gasteiger partial charge in [-0.1, -0.05) is 35.5 Å². The molecule has 2 amide bonds. The average molecular weight is 361 g/mol. The van der Waals surface area contributed by atoms with Crippen LogP contribution in [0.2, 0.25) is 0 Å². The van der Waals surface area contributed by atoms with Crippen LogP contribution in [0.25, 0.3) is 11.3 Å². The predicted molar refractivity (Wildman–Crippen MR) is 101 cm³/mol. The van der Waals surface area contributed by atoms with Crippen molar-refractivity contribution < 1.29 is 14.1 Å². The van der Waals surface area contributed by atoms with Crippen LogP contribution >= 0.6 is 0 Å². The SMILES string of the molecule is O=C1CCCc2cc(C(=O)NCc3cc(-c4ccccc4)no3)ccc2N1. The van der Waals surface area contributed by atoms with E-state index in [1.54, 1.807) is 12.1 Å². The van der Waals surface area contributed by atoms with Gasteiger partial charge in [0, 0.05) is 29.3 Å². The van der Waals surface area contributed by atoms with E-state index in [0.717, 1.165) is 35.3 Å². The summed E-state index contributed by atoms with van der Waals surface area (Å²) in [6, 6.07) is 16.9. The molecule has 6 heteroatoms. The Hall–Kier alpha value is -3.41. The molecular weight excluding hydrogens is 342 g/mol. The van der Waals surface area contributed by atoms with E-state index >= 15 is 0 Å². The lowest BCUT2D eigenvalue weighted by atomic mass is 10.0. The van der Waals surface area contributed by atoms with Crippen LogP contribution in [0.5, 0.6) is 0 Å². The lowest BCUT2D eigenvalue weighted by Crippen LogP contribution is -2.22. The molecule has 27 heavy (non-hydrogen) atoms. The van der Waals surface area contributed by atoms with E-state index in [9.17, 15) is 9.59 Å². The lowest BCUT2D eigenvalue weighted by Gasteiger charge is -2.09. The summed E-state index contributed by atoms with van der Waals surface area (Å²) < 4.78 is 5.31. The molecule has 2 aromatic carbocycles. The number of hydrogen-bond donors (Lipinski definition) is 2. The highest BCUT2D eigenvalue weighted by atomic mass is 16.5. The van der Waals surface area contributed by atoms with Gasteiger partial charge in [0.25, 0.3) is 5.91 Å². The number of benzene rings is 2. The standard InChI is InChI=1S/C21H19N3O3/c25-20-8-4-7-15-11-16(9-10-18(15)23-20)21(26)22-13-17-12-19(24-27-17)14-5-2-1-3-6-14/h1-3,5-6,9-12H,4,7-8,13H2,(H,22,26)(H,23,25). The molecule has 1 aliphatic rings. The number of aromatic nitrogens is 1. The number of hydrogen-bond acceptors (Lipinski definition) is 4. The fourth-order valence-electron chi connectivity index (χ4n) is 3.13. The number of amides is 2. The first kappa shape index (κ1) is 17.0. The monoisotopic (exact) mass is 361 g/mol. The molecule has 3 aromatic rings. The molecule has 0 saturated heterocycles. The summed E-state index contributed by atoms with van der Waals surface area (Å²) in [4.78, 5) is 24.1. The number of nitrogens with one attached hydrogen (secondary N) is 2. The van der Waals surface area contributed by atoms with Gasteiger partial charge in [-0.2, -0.15) is 0 Å². The highest BCUT2D eigenvalue weighted by Gasteiger charge is 2.15. The third-order valence-electron chi connectivity index (χ3n) is 4.54. The maximum Gasteiger partial charge on any atom is 0.251 e. The molecule has 2 N–H and O–H groups in total. The molecule has 0 spiro atoms. The number of anilines is 1. The fourth-order valence-corrected chi connectivity index (χ4v) is 3.13. The molecule has 0 radical (unpaired) electrons. The average Bonchev–Trinajstić information content (AvgIpc) is 3.09. The summed E-state index contributed by atoms with van der Waals surface area (Å²) in [5, 5.41) is 9.77. The molecule has 0 aliphatic carbocycles. The summed E-state index contributed by atoms with van der Waals surface area (Å²) >= 11 is 0. The number of fused-ring (bicyclic) bond motifs is 1. The summed E-state index contributed by atoms with van der Waals surface area (Å²) in [5.41, 5.74) is 4.04. The van der Waals surface area contributed by atoms with Crippen molar-refractivity contribution in [1.29, 1.82) is 0 Å². The van der Waals surface area contributed by atoms with Gasteiger partial charge in [-0.25, -0.2) is 0 Å². The maximum absolute atomic E-state index is 12.5. The fraction of sp³-hybridized carbons (Fsp3) is 0.190. The van der Waals surface area contributed by atoms with Crippen molar-refractivity contribution in [3.63, 3.8) is 0 Å². The molecule has 0 fully saturated rings. The van der Waals surface area contributed by atoms with Crippen molar-refractivity contribution in [2.75, 3.05) is 5.32 Å². The van der Waals surface area contributed by atoms with E-state index in [0.29, 0.717) is 17.7 Å². The molecule has 2 heterocycles. The van der Waals surface area contributed by atoms with Crippen LogP contribution in [0.4, 0.5) is 5.69 Å². The molecule has 136 valence electrons. The predicted octanol–water partition coefficient (Wildman–Crippen LogP) is 3.55. The van der Waals surface area contributed by atoms with Gasteiger partial charge in [0.15, 0.2) is 5.76 Å². The molecule has 0 atom stereocenters. The molecule has 0 saturated carbocycles. The first-order chi connectivity index (χ1) is 13.2. The van der Waals surface area contributed by atoms with Crippen LogP contribution in [0.15, 0.2) is 59.1 Å². The summed E-state index contributed by atoms with van der Waals surface area (Å²) in [6.07, 6.45) is 2.06. The number of aryl methyl sites for hydroxylation is 1. The Morgan fingerprint density at radius 3 is 2.81 bits per heavy atom. The molecule has 1 aromatic heterocycles. The first-order valence-electron chi connectivity index (χ1n) is 8.91. The Labute approximate surface area is 156 Å². The number of rotatable bonds is 4. The number of nitrogens with zero attached hydrogens (tertiary/aromatic N) is 1. The molecular formula is C21H19N3O3. The largest absolute Gasteiger partial charge is 0.359 e. The van der Waals surface area contributed by atoms with Crippen molar-refractivity contribution >= 4 is 17.5 Å². The lowest BCUT2D eigenvalue weighted by molar-refractivity contribution is -0.116. The second-order valence-electron chi connectivity index (χ2n) is 6.50. The third-order valence-corrected chi connectivity index (χ3v) is 4.54. The Balaban J connectivity index is 1.42. The molecule has 4 rings (SSSR count). The second-order valence-corrected chi connectivity index (χ2v) is 6.50. The zero-order chi connectivity index (χ0) is 18.6. The van der Waals surface area contributed by atoms with E-state index in [2.05, 4.69) is 15.8 Å². The van der Waals surface area contributed by atoms with Crippen LogP contribution in [-0.2, 0) is 17.8 Å². The van der Waals surface area contributed by atoms with Crippen molar-refractivity contribution in [1.82, 2.24) is 10.5 Å². The Morgan fingerprint density at radius 2 is 1.96 bits per heavy atom. The van der Waals surface area contributed by atoms with Crippen LogP contribution < -0.4 is 10.6 Å². The van der Waals surface area contributed by atoms with E-state index in [-0.39, 0.29) is 18.4 Å². The van der Waals surface area contributed by atoms with Crippen LogP contribution in [0.1, 0.15) is 34.5 Å². The van der Waals surface area contributed by atoms with Crippen molar-refractivity contribution in [3.05, 3.63) is 71.5 Å². The Kier molecular flexibility index (Phi) is 4.70. The van der Waals surface area contributed by atoms with Crippen molar-refractivity contribution in [3.8, 4) is 11.3 Å². The first-order valence-corrected chi connectivity index (χ1v) is 8.91. The maximum atomic E-state index is 12.5. The highest BCUT2D eigenvalue weighted by molar-refractivity contribution is 5.97. The van der Waals surface area contributed by atoms with E-state index in [1.165, 1.54) is 0 Å². The van der Waals surface area contributed by atoms with Gasteiger partial charge in [0.2, 0.25) is 5.91 Å². The summed E-state index contributed by atoms with van der Waals surface area (Å²) in [6.45, 7) is 0.256. The van der Waals surface area contributed by atoms with Crippen LogP contribution in [0, 0.1) is 0 Å². The topological polar surface area (TPSA) is 84.2 Å². The van der Waals surface area contributed by atoms with Crippen molar-refractivity contribution in [2.24, 2.45) is 0 Å². The molecule has 0 bridgehead atoms. The van der Waals surface area contributed by atoms with E-state index < -0.39 is 0 Å². The minimum Gasteiger partial charge on any atom is -0.359 e. The van der Waals surface area contributed by atoms with E-state index in [1.807, 2.05) is 42.5 Å². The van der Waals surface area contributed by atoms with Gasteiger partial charge < -0.3 is 15.2 Å². The zero-order valence-electron chi connectivity index (χ0n) is 14.7. The van der Waals surface area contributed by atoms with Gasteiger partial charge in [0.1, 0.15) is 5.69 Å². The van der Waals surface area contributed by atoms with Crippen LogP contribution in [-0.4, -0.2) is 17.0 Å². The summed E-state index contributed by atoms with van der Waals surface area (Å²) in [7, 11) is 0. The van der Waals surface area contributed by atoms with Gasteiger partial charge >= 0.3 is 0 Å². The minimum atomic E-state index is -0.189. The van der Waals surface area contributed by atoms with Gasteiger partial charge in [-0.3, -0.25) is 9.59 Å². The smallest absolute Gasteiger partial charge is 0.251 e. The Bertz CT molecular complexity index is 979. The third kappa shape index (κ3) is 3.89. The van der Waals surface area contributed by atoms with Crippen molar-refractivity contribution in [2.45, 2.75) is 25.8 Å². The summed E-state index contributed by atoms with van der Waals surface area (Å²) in [5.74, 6) is 0.417. The van der Waals surface area contributed by atoms with Gasteiger partial charge in [-0.15, -0.1) is 0 Å². The second kappa shape index (κ2) is 7.45. The molecule has 0 unspecified atom stereocenters. The molecule has 6 nitrogen and oxygen atoms in total. The van der Waals surface area contributed by atoms with Gasteiger partial charge in [-0.05, 0) is 36.6 Å². The minimum absolute atomic E-state index is 0.0190. The molecule has 1 aliphatic heterocycles. The Morgan fingerprint density at radius 1 is 1.11 bits per heavy atom. The highest BCUT2D eigenvalue weighted by Crippen LogP contribution is 2.23. The van der Waals surface area contributed by atoms with Crippen LogP contribution in [0.3, 0.4) is 0 Å². The zero-order valence-corrected chi connectivity index (χ0v) is 14.7. The normalized spacial score (nSPS) is 13.4. The van der Waals surface area contributed by atoms with Gasteiger partial charge in [0.05, 0.1) is 6.54 Å². The van der Waals surface area contributed by atoms with E-state index in [4.69, 9.17) is 4.52 Å². The quantitative estimate of drug-likeness (QED) is 0.744. The number of carbonyl (C=O) groups excluding carboxylic acids is 2.